The number of ketones is 1. The van der Waals surface area contributed by atoms with Crippen molar-refractivity contribution in [2.45, 2.75) is 39.2 Å². The molecule has 3 nitrogen and oxygen atoms in total. The molecule has 0 aromatic carbocycles. The van der Waals surface area contributed by atoms with Gasteiger partial charge in [0.1, 0.15) is 5.78 Å². The van der Waals surface area contributed by atoms with E-state index in [2.05, 4.69) is 30.8 Å². The lowest BCUT2D eigenvalue weighted by molar-refractivity contribution is -0.117. The number of nitrogens with zero attached hydrogens (tertiary/aromatic N) is 2. The van der Waals surface area contributed by atoms with E-state index < -0.39 is 0 Å². The van der Waals surface area contributed by atoms with Gasteiger partial charge < -0.3 is 14.6 Å². The van der Waals surface area contributed by atoms with Crippen LogP contribution in [0.3, 0.4) is 0 Å². The monoisotopic (exact) mass is 226 g/mol. The van der Waals surface area contributed by atoms with Gasteiger partial charge in [0.15, 0.2) is 0 Å². The summed E-state index contributed by atoms with van der Waals surface area (Å²) in [4.78, 5) is 15.7. The maximum absolute atomic E-state index is 10.8. The number of Topliss-reactive ketones (excluding diaryl/α,β-unsaturated/α-hetero) is 1. The molecule has 0 saturated carbocycles. The predicted octanol–water partition coefficient (Wildman–Crippen LogP) is 1.63. The summed E-state index contributed by atoms with van der Waals surface area (Å²) >= 11 is 0. The Bertz CT molecular complexity index is 228. The molecular formula is C13H26N2O. The average molecular weight is 226 g/mol. The number of rotatable bonds is 6. The van der Waals surface area contributed by atoms with E-state index in [-0.39, 0.29) is 0 Å². The summed E-state index contributed by atoms with van der Waals surface area (Å²) in [6, 6.07) is 0.702. The Morgan fingerprint density at radius 3 is 2.50 bits per heavy atom. The van der Waals surface area contributed by atoms with Crippen molar-refractivity contribution in [3.8, 4) is 0 Å². The average Bonchev–Trinajstić information content (AvgIpc) is 2.54. The number of likely N-dealkylation sites (tertiary alicyclic amines) is 1. The van der Waals surface area contributed by atoms with Crippen LogP contribution in [0.2, 0.25) is 0 Å². The van der Waals surface area contributed by atoms with Gasteiger partial charge in [-0.25, -0.2) is 0 Å². The number of unbranched alkanes of at least 4 members (excludes halogenated alkanes) is 1. The van der Waals surface area contributed by atoms with Gasteiger partial charge in [-0.15, -0.1) is 0 Å². The molecule has 1 aliphatic rings. The summed E-state index contributed by atoms with van der Waals surface area (Å²) in [5.74, 6) is 1.09. The first-order valence-corrected chi connectivity index (χ1v) is 6.39. The second-order valence-electron chi connectivity index (χ2n) is 5.43. The van der Waals surface area contributed by atoms with Gasteiger partial charge in [0.2, 0.25) is 0 Å². The zero-order valence-corrected chi connectivity index (χ0v) is 11.2. The Balaban J connectivity index is 2.18. The van der Waals surface area contributed by atoms with Crippen LogP contribution in [0.1, 0.15) is 33.1 Å². The van der Waals surface area contributed by atoms with Crippen LogP contribution >= 0.6 is 0 Å². The lowest BCUT2D eigenvalue weighted by atomic mass is 10.1. The zero-order chi connectivity index (χ0) is 12.1. The van der Waals surface area contributed by atoms with Crippen LogP contribution in [0.25, 0.3) is 0 Å². The van der Waals surface area contributed by atoms with Crippen molar-refractivity contribution in [2.75, 3.05) is 33.7 Å². The molecule has 1 saturated heterocycles. The molecule has 1 aliphatic heterocycles. The highest BCUT2D eigenvalue weighted by Gasteiger charge is 2.30. The molecule has 94 valence electrons. The topological polar surface area (TPSA) is 23.6 Å². The predicted molar refractivity (Wildman–Crippen MR) is 67.6 cm³/mol. The fraction of sp³-hybridized carbons (Fsp3) is 0.923. The molecule has 1 heterocycles. The van der Waals surface area contributed by atoms with Gasteiger partial charge in [-0.05, 0) is 46.3 Å². The number of carbonyl (C=O) groups excluding carboxylic acids is 1. The molecule has 0 radical (unpaired) electrons. The van der Waals surface area contributed by atoms with Crippen LogP contribution in [0.5, 0.6) is 0 Å². The third-order valence-electron chi connectivity index (χ3n) is 3.56. The van der Waals surface area contributed by atoms with Gasteiger partial charge in [-0.3, -0.25) is 0 Å². The van der Waals surface area contributed by atoms with E-state index in [9.17, 15) is 4.79 Å². The summed E-state index contributed by atoms with van der Waals surface area (Å²) in [6.45, 7) is 7.57. The second kappa shape index (κ2) is 6.36. The van der Waals surface area contributed by atoms with Crippen LogP contribution < -0.4 is 0 Å². The Morgan fingerprint density at radius 1 is 1.31 bits per heavy atom. The molecule has 1 rings (SSSR count). The van der Waals surface area contributed by atoms with Gasteiger partial charge in [-0.2, -0.15) is 0 Å². The molecule has 0 N–H and O–H groups in total. The Labute approximate surface area is 99.8 Å². The van der Waals surface area contributed by atoms with Crippen LogP contribution in [0.4, 0.5) is 0 Å². The molecule has 1 fully saturated rings. The van der Waals surface area contributed by atoms with E-state index >= 15 is 0 Å². The van der Waals surface area contributed by atoms with E-state index in [1.54, 1.807) is 6.92 Å². The summed E-state index contributed by atoms with van der Waals surface area (Å²) < 4.78 is 0. The van der Waals surface area contributed by atoms with E-state index in [0.29, 0.717) is 11.8 Å². The summed E-state index contributed by atoms with van der Waals surface area (Å²) in [6.07, 6.45) is 2.96. The Kier molecular flexibility index (Phi) is 5.42. The number of carbonyl (C=O) groups is 1. The maximum Gasteiger partial charge on any atom is 0.129 e. The van der Waals surface area contributed by atoms with Gasteiger partial charge in [-0.1, -0.05) is 6.92 Å². The van der Waals surface area contributed by atoms with Crippen molar-refractivity contribution >= 4 is 5.78 Å². The highest BCUT2D eigenvalue weighted by molar-refractivity contribution is 5.75. The molecule has 0 aliphatic carbocycles. The minimum Gasteiger partial charge on any atom is -0.305 e. The molecule has 16 heavy (non-hydrogen) atoms. The zero-order valence-electron chi connectivity index (χ0n) is 11.2. The minimum absolute atomic E-state index is 0.320. The molecular weight excluding hydrogens is 200 g/mol. The van der Waals surface area contributed by atoms with E-state index in [1.807, 2.05) is 0 Å². The lowest BCUT2D eigenvalue weighted by Gasteiger charge is -2.22. The largest absolute Gasteiger partial charge is 0.305 e. The Morgan fingerprint density at radius 2 is 2.00 bits per heavy atom. The quantitative estimate of drug-likeness (QED) is 0.643. The smallest absolute Gasteiger partial charge is 0.129 e. The first kappa shape index (κ1) is 13.7. The second-order valence-corrected chi connectivity index (χ2v) is 5.43. The minimum atomic E-state index is 0.320. The molecule has 0 aromatic rings. The van der Waals surface area contributed by atoms with Gasteiger partial charge in [0.25, 0.3) is 0 Å². The first-order chi connectivity index (χ1) is 7.50. The van der Waals surface area contributed by atoms with Gasteiger partial charge in [0.05, 0.1) is 0 Å². The van der Waals surface area contributed by atoms with Crippen molar-refractivity contribution in [1.82, 2.24) is 9.80 Å². The van der Waals surface area contributed by atoms with Crippen LogP contribution in [0, 0.1) is 5.92 Å². The number of likely N-dealkylation sites (N-methyl/N-ethyl adjacent to an activating group) is 1. The van der Waals surface area contributed by atoms with Crippen LogP contribution in [-0.4, -0.2) is 55.4 Å². The normalized spacial score (nSPS) is 26.6. The molecule has 0 bridgehead atoms. The Hall–Kier alpha value is -0.410. The van der Waals surface area contributed by atoms with E-state index in [0.717, 1.165) is 31.7 Å². The van der Waals surface area contributed by atoms with E-state index in [4.69, 9.17) is 0 Å². The molecule has 0 amide bonds. The van der Waals surface area contributed by atoms with Crippen molar-refractivity contribution in [3.63, 3.8) is 0 Å². The summed E-state index contributed by atoms with van der Waals surface area (Å²) in [7, 11) is 4.33. The third-order valence-corrected chi connectivity index (χ3v) is 3.56. The first-order valence-electron chi connectivity index (χ1n) is 6.39. The van der Waals surface area contributed by atoms with Crippen molar-refractivity contribution in [1.29, 1.82) is 0 Å². The molecule has 0 aromatic heterocycles. The summed E-state index contributed by atoms with van der Waals surface area (Å²) in [5.41, 5.74) is 0. The lowest BCUT2D eigenvalue weighted by Crippen LogP contribution is -2.34. The van der Waals surface area contributed by atoms with Crippen LogP contribution in [0.15, 0.2) is 0 Å². The third kappa shape index (κ3) is 4.22. The van der Waals surface area contributed by atoms with E-state index in [1.165, 1.54) is 13.1 Å². The maximum atomic E-state index is 10.8. The fourth-order valence-corrected chi connectivity index (χ4v) is 2.61. The van der Waals surface area contributed by atoms with Crippen molar-refractivity contribution in [3.05, 3.63) is 0 Å². The van der Waals surface area contributed by atoms with Gasteiger partial charge >= 0.3 is 0 Å². The highest BCUT2D eigenvalue weighted by Crippen LogP contribution is 2.20. The SMILES string of the molecule is CC(=O)CCCCN1CC(C)C(N(C)C)C1. The molecule has 2 unspecified atom stereocenters. The van der Waals surface area contributed by atoms with Crippen molar-refractivity contribution < 1.29 is 4.79 Å². The van der Waals surface area contributed by atoms with Gasteiger partial charge in [0, 0.05) is 25.6 Å². The molecule has 0 spiro atoms. The number of hydrogen-bond acceptors (Lipinski definition) is 3. The van der Waals surface area contributed by atoms with Crippen LogP contribution in [-0.2, 0) is 4.79 Å². The molecule has 2 atom stereocenters. The fourth-order valence-electron chi connectivity index (χ4n) is 2.61. The summed E-state index contributed by atoms with van der Waals surface area (Å²) in [5, 5.41) is 0. The number of hydrogen-bond donors (Lipinski definition) is 0. The molecule has 3 heteroatoms. The van der Waals surface area contributed by atoms with Crippen molar-refractivity contribution in [2.24, 2.45) is 5.92 Å². The highest BCUT2D eigenvalue weighted by atomic mass is 16.1. The standard InChI is InChI=1S/C13H26N2O/c1-11-9-15(10-13(11)14(3)4)8-6-5-7-12(2)16/h11,13H,5-10H2,1-4H3.